The first-order chi connectivity index (χ1) is 14.6. The monoisotopic (exact) mass is 452 g/mol. The van der Waals surface area contributed by atoms with E-state index in [0.717, 1.165) is 24.2 Å². The molecule has 3 rings (SSSR count). The fourth-order valence-corrected chi connectivity index (χ4v) is 5.37. The topological polar surface area (TPSA) is 125 Å². The maximum absolute atomic E-state index is 13.1. The van der Waals surface area contributed by atoms with E-state index in [1.54, 1.807) is 13.8 Å². The molecular weight excluding hydrogens is 424 g/mol. The van der Waals surface area contributed by atoms with Gasteiger partial charge in [-0.05, 0) is 44.4 Å². The number of nitrogens with one attached hydrogen (secondary N) is 2. The van der Waals surface area contributed by atoms with Crippen LogP contribution in [0.5, 0.6) is 5.75 Å². The summed E-state index contributed by atoms with van der Waals surface area (Å²) in [5.41, 5.74) is -0.806. The van der Waals surface area contributed by atoms with Gasteiger partial charge in [0, 0.05) is 18.8 Å². The lowest BCUT2D eigenvalue weighted by molar-refractivity contribution is -0.133. The Morgan fingerprint density at radius 3 is 2.48 bits per heavy atom. The first-order valence-electron chi connectivity index (χ1n) is 10.2. The van der Waals surface area contributed by atoms with Gasteiger partial charge in [0.15, 0.2) is 0 Å². The Kier molecular flexibility index (Phi) is 6.56. The van der Waals surface area contributed by atoms with Crippen LogP contribution in [0.25, 0.3) is 0 Å². The number of amides is 4. The zero-order chi connectivity index (χ0) is 22.8. The molecule has 1 aromatic carbocycles. The molecule has 2 saturated heterocycles. The number of sulfonamides is 1. The molecule has 11 heteroatoms. The van der Waals surface area contributed by atoms with Crippen LogP contribution in [0.15, 0.2) is 23.1 Å². The van der Waals surface area contributed by atoms with E-state index in [1.807, 2.05) is 0 Å². The lowest BCUT2D eigenvalue weighted by Gasteiger charge is -2.26. The first-order valence-corrected chi connectivity index (χ1v) is 11.7. The molecule has 0 aromatic heterocycles. The van der Waals surface area contributed by atoms with Crippen LogP contribution in [-0.2, 0) is 19.6 Å². The lowest BCUT2D eigenvalue weighted by atomic mass is 9.99. The van der Waals surface area contributed by atoms with Crippen LogP contribution < -0.4 is 15.4 Å². The van der Waals surface area contributed by atoms with Gasteiger partial charge in [-0.3, -0.25) is 14.5 Å². The van der Waals surface area contributed by atoms with Crippen LogP contribution in [0.4, 0.5) is 10.5 Å². The summed E-state index contributed by atoms with van der Waals surface area (Å²) in [6, 6.07) is 3.68. The fraction of sp³-hybridized carbons (Fsp3) is 0.550. The van der Waals surface area contributed by atoms with Crippen molar-refractivity contribution >= 4 is 33.6 Å². The number of hydrogen-bond acceptors (Lipinski definition) is 6. The average Bonchev–Trinajstić information content (AvgIpc) is 2.97. The molecule has 0 unspecified atom stereocenters. The summed E-state index contributed by atoms with van der Waals surface area (Å²) >= 11 is 0. The Hall–Kier alpha value is -2.66. The van der Waals surface area contributed by atoms with Crippen LogP contribution in [0.1, 0.15) is 39.5 Å². The summed E-state index contributed by atoms with van der Waals surface area (Å²) in [5, 5.41) is 5.16. The van der Waals surface area contributed by atoms with E-state index in [4.69, 9.17) is 4.74 Å². The summed E-state index contributed by atoms with van der Waals surface area (Å²) in [4.78, 5) is 37.9. The highest BCUT2D eigenvalue weighted by Crippen LogP contribution is 2.31. The van der Waals surface area contributed by atoms with Crippen molar-refractivity contribution in [2.24, 2.45) is 0 Å². The second-order valence-electron chi connectivity index (χ2n) is 7.89. The van der Waals surface area contributed by atoms with Gasteiger partial charge in [0.2, 0.25) is 15.9 Å². The van der Waals surface area contributed by atoms with Crippen LogP contribution in [-0.4, -0.2) is 67.8 Å². The van der Waals surface area contributed by atoms with Crippen LogP contribution in [0.2, 0.25) is 0 Å². The van der Waals surface area contributed by atoms with E-state index in [9.17, 15) is 22.8 Å². The van der Waals surface area contributed by atoms with Crippen LogP contribution in [0.3, 0.4) is 0 Å². The van der Waals surface area contributed by atoms with Crippen molar-refractivity contribution < 1.29 is 27.5 Å². The number of piperidine rings is 1. The molecule has 10 nitrogen and oxygen atoms in total. The number of methoxy groups -OCH3 is 1. The minimum atomic E-state index is -3.79. The molecule has 4 amide bonds. The minimum Gasteiger partial charge on any atom is -0.495 e. The zero-order valence-electron chi connectivity index (χ0n) is 17.9. The number of carbonyl (C=O) groups is 3. The number of ether oxygens (including phenoxy) is 1. The number of urea groups is 1. The molecule has 1 atom stereocenters. The molecule has 31 heavy (non-hydrogen) atoms. The van der Waals surface area contributed by atoms with Gasteiger partial charge in [0.05, 0.1) is 7.11 Å². The molecule has 2 heterocycles. The second-order valence-corrected chi connectivity index (χ2v) is 9.79. The number of anilines is 1. The highest BCUT2D eigenvalue weighted by molar-refractivity contribution is 7.89. The number of imide groups is 1. The van der Waals surface area contributed by atoms with Crippen molar-refractivity contribution in [3.8, 4) is 5.75 Å². The van der Waals surface area contributed by atoms with Crippen molar-refractivity contribution in [1.82, 2.24) is 14.5 Å². The number of hydrogen-bond donors (Lipinski definition) is 2. The zero-order valence-corrected chi connectivity index (χ0v) is 18.8. The van der Waals surface area contributed by atoms with Gasteiger partial charge < -0.3 is 15.4 Å². The standard InChI is InChI=1S/C20H28N4O6S/c1-4-20(2)18(26)24(19(27)22-20)13-17(25)21-14-8-9-15(30-3)16(12-14)31(28,29)23-10-6-5-7-11-23/h8-9,12H,4-7,10-11,13H2,1-3H3,(H,21,25)(H,22,27)/t20-/m0/s1. The van der Waals surface area contributed by atoms with Gasteiger partial charge in [0.1, 0.15) is 22.7 Å². The van der Waals surface area contributed by atoms with E-state index in [2.05, 4.69) is 10.6 Å². The number of rotatable bonds is 7. The van der Waals surface area contributed by atoms with Gasteiger partial charge in [-0.25, -0.2) is 13.2 Å². The third-order valence-electron chi connectivity index (χ3n) is 5.73. The lowest BCUT2D eigenvalue weighted by Crippen LogP contribution is -2.44. The molecule has 0 saturated carbocycles. The molecule has 2 aliphatic heterocycles. The van der Waals surface area contributed by atoms with Crippen molar-refractivity contribution in [3.05, 3.63) is 18.2 Å². The quantitative estimate of drug-likeness (QED) is 0.605. The van der Waals surface area contributed by atoms with Crippen LogP contribution in [0, 0.1) is 0 Å². The highest BCUT2D eigenvalue weighted by atomic mass is 32.2. The predicted molar refractivity (Wildman–Crippen MR) is 113 cm³/mol. The summed E-state index contributed by atoms with van der Waals surface area (Å²) in [5.74, 6) is -0.912. The Bertz CT molecular complexity index is 989. The third-order valence-corrected chi connectivity index (χ3v) is 7.65. The van der Waals surface area contributed by atoms with Gasteiger partial charge in [-0.1, -0.05) is 13.3 Å². The Labute approximate surface area is 182 Å². The Morgan fingerprint density at radius 1 is 1.23 bits per heavy atom. The molecule has 1 aromatic rings. The van der Waals surface area contributed by atoms with Crippen molar-refractivity contribution in [1.29, 1.82) is 0 Å². The van der Waals surface area contributed by atoms with Gasteiger partial charge in [-0.2, -0.15) is 4.31 Å². The van der Waals surface area contributed by atoms with E-state index >= 15 is 0 Å². The van der Waals surface area contributed by atoms with Gasteiger partial charge >= 0.3 is 6.03 Å². The van der Waals surface area contributed by atoms with Gasteiger partial charge in [-0.15, -0.1) is 0 Å². The summed E-state index contributed by atoms with van der Waals surface area (Å²) < 4.78 is 32.8. The molecule has 0 radical (unpaired) electrons. The third kappa shape index (κ3) is 4.52. The maximum atomic E-state index is 13.1. The van der Waals surface area contributed by atoms with E-state index < -0.39 is 40.0 Å². The number of benzene rings is 1. The normalized spacial score (nSPS) is 22.4. The molecule has 2 fully saturated rings. The molecule has 0 aliphatic carbocycles. The van der Waals surface area contributed by atoms with E-state index in [1.165, 1.54) is 29.6 Å². The van der Waals surface area contributed by atoms with E-state index in [0.29, 0.717) is 19.5 Å². The van der Waals surface area contributed by atoms with Gasteiger partial charge in [0.25, 0.3) is 5.91 Å². The number of carbonyl (C=O) groups excluding carboxylic acids is 3. The second kappa shape index (κ2) is 8.83. The predicted octanol–water partition coefficient (Wildman–Crippen LogP) is 1.53. The average molecular weight is 453 g/mol. The smallest absolute Gasteiger partial charge is 0.325 e. The molecule has 170 valence electrons. The molecule has 2 N–H and O–H groups in total. The molecule has 2 aliphatic rings. The summed E-state index contributed by atoms with van der Waals surface area (Å²) in [7, 11) is -2.41. The summed E-state index contributed by atoms with van der Waals surface area (Å²) in [6.45, 7) is 3.77. The van der Waals surface area contributed by atoms with Crippen LogP contribution >= 0.6 is 0 Å². The highest BCUT2D eigenvalue weighted by Gasteiger charge is 2.47. The Balaban J connectivity index is 1.78. The van der Waals surface area contributed by atoms with Crippen molar-refractivity contribution in [2.45, 2.75) is 50.0 Å². The maximum Gasteiger partial charge on any atom is 0.325 e. The minimum absolute atomic E-state index is 0.0387. The molecule has 0 spiro atoms. The van der Waals surface area contributed by atoms with Crippen molar-refractivity contribution in [2.75, 3.05) is 32.1 Å². The SMILES string of the molecule is CC[C@]1(C)NC(=O)N(CC(=O)Nc2ccc(OC)c(S(=O)(=O)N3CCCCC3)c2)C1=O. The van der Waals surface area contributed by atoms with E-state index in [-0.39, 0.29) is 16.3 Å². The molecule has 0 bridgehead atoms. The fourth-order valence-electron chi connectivity index (χ4n) is 3.67. The Morgan fingerprint density at radius 2 is 1.90 bits per heavy atom. The summed E-state index contributed by atoms with van der Waals surface area (Å²) in [6.07, 6.45) is 2.96. The van der Waals surface area contributed by atoms with Crippen molar-refractivity contribution in [3.63, 3.8) is 0 Å². The number of nitrogens with zero attached hydrogens (tertiary/aromatic N) is 2. The molecular formula is C20H28N4O6S. The first kappa shape index (κ1) is 23.0. The largest absolute Gasteiger partial charge is 0.495 e.